The summed E-state index contributed by atoms with van der Waals surface area (Å²) >= 11 is 0. The predicted molar refractivity (Wildman–Crippen MR) is 66.1 cm³/mol. The summed E-state index contributed by atoms with van der Waals surface area (Å²) in [6, 6.07) is -0.298. The van der Waals surface area contributed by atoms with Crippen LogP contribution in [0.1, 0.15) is 19.8 Å². The second-order valence-electron chi connectivity index (χ2n) is 4.20. The summed E-state index contributed by atoms with van der Waals surface area (Å²) in [4.78, 5) is 25.6. The highest BCUT2D eigenvalue weighted by Crippen LogP contribution is 1.93. The number of nitrogens with one attached hydrogen (secondary N) is 1. The number of carbonyl (C=O) groups excluding carboxylic acids is 1. The molecular weight excluding hydrogens is 222 g/mol. The maximum Gasteiger partial charge on any atom is 0.323 e. The van der Waals surface area contributed by atoms with E-state index in [0.29, 0.717) is 13.1 Å². The van der Waals surface area contributed by atoms with Gasteiger partial charge in [-0.3, -0.25) is 4.79 Å². The van der Waals surface area contributed by atoms with E-state index in [1.807, 2.05) is 25.9 Å². The average molecular weight is 245 g/mol. The zero-order valence-corrected chi connectivity index (χ0v) is 10.9. The maximum absolute atomic E-state index is 11.7. The van der Waals surface area contributed by atoms with Gasteiger partial charge in [-0.15, -0.1) is 0 Å². The molecule has 6 nitrogen and oxygen atoms in total. The van der Waals surface area contributed by atoms with E-state index in [9.17, 15) is 9.59 Å². The number of nitrogens with zero attached hydrogens (tertiary/aromatic N) is 2. The fourth-order valence-corrected chi connectivity index (χ4v) is 1.39. The lowest BCUT2D eigenvalue weighted by molar-refractivity contribution is -0.137. The number of amides is 2. The Morgan fingerprint density at radius 1 is 1.24 bits per heavy atom. The molecule has 0 saturated heterocycles. The van der Waals surface area contributed by atoms with Gasteiger partial charge in [-0.25, -0.2) is 4.79 Å². The van der Waals surface area contributed by atoms with Gasteiger partial charge >= 0.3 is 12.0 Å². The van der Waals surface area contributed by atoms with E-state index >= 15 is 0 Å². The largest absolute Gasteiger partial charge is 0.480 e. The topological polar surface area (TPSA) is 72.9 Å². The summed E-state index contributed by atoms with van der Waals surface area (Å²) in [6.07, 6.45) is 1.60. The number of aliphatic carboxylic acids is 1. The van der Waals surface area contributed by atoms with Gasteiger partial charge in [0.05, 0.1) is 0 Å². The minimum Gasteiger partial charge on any atom is -0.480 e. The number of hydrogen-bond donors (Lipinski definition) is 2. The van der Waals surface area contributed by atoms with E-state index in [2.05, 4.69) is 5.32 Å². The molecule has 0 aliphatic rings. The smallest absolute Gasteiger partial charge is 0.323 e. The van der Waals surface area contributed by atoms with E-state index in [0.717, 1.165) is 19.4 Å². The third kappa shape index (κ3) is 8.50. The SMILES string of the molecule is CCCN(CC(=O)O)C(=O)NCCCN(C)C. The van der Waals surface area contributed by atoms with Crippen LogP contribution in [-0.2, 0) is 4.79 Å². The second-order valence-corrected chi connectivity index (χ2v) is 4.20. The lowest BCUT2D eigenvalue weighted by Crippen LogP contribution is -2.43. The van der Waals surface area contributed by atoms with Crippen LogP contribution < -0.4 is 5.32 Å². The summed E-state index contributed by atoms with van der Waals surface area (Å²) in [7, 11) is 3.94. The molecule has 0 rings (SSSR count). The van der Waals surface area contributed by atoms with Crippen LogP contribution in [0.25, 0.3) is 0 Å². The quantitative estimate of drug-likeness (QED) is 0.609. The molecule has 2 N–H and O–H groups in total. The first-order chi connectivity index (χ1) is 7.97. The average Bonchev–Trinajstić information content (AvgIpc) is 2.22. The van der Waals surface area contributed by atoms with Crippen molar-refractivity contribution in [2.24, 2.45) is 0 Å². The fourth-order valence-electron chi connectivity index (χ4n) is 1.39. The Kier molecular flexibility index (Phi) is 8.13. The van der Waals surface area contributed by atoms with Gasteiger partial charge in [0.15, 0.2) is 0 Å². The van der Waals surface area contributed by atoms with Crippen LogP contribution in [0.15, 0.2) is 0 Å². The van der Waals surface area contributed by atoms with Crippen molar-refractivity contribution in [1.82, 2.24) is 15.1 Å². The normalized spacial score (nSPS) is 10.4. The molecule has 0 spiro atoms. The lowest BCUT2D eigenvalue weighted by Gasteiger charge is -2.20. The Hall–Kier alpha value is -1.30. The van der Waals surface area contributed by atoms with Gasteiger partial charge < -0.3 is 20.2 Å². The molecular formula is C11H23N3O3. The zero-order chi connectivity index (χ0) is 13.3. The van der Waals surface area contributed by atoms with Crippen LogP contribution in [-0.4, -0.2) is 67.2 Å². The summed E-state index contributed by atoms with van der Waals surface area (Å²) in [5.74, 6) is -0.984. The van der Waals surface area contributed by atoms with Crippen LogP contribution in [0, 0.1) is 0 Å². The number of carbonyl (C=O) groups is 2. The molecule has 0 fully saturated rings. The predicted octanol–water partition coefficient (Wildman–Crippen LogP) is 0.444. The summed E-state index contributed by atoms with van der Waals surface area (Å²) < 4.78 is 0. The molecule has 0 saturated carbocycles. The first kappa shape index (κ1) is 15.7. The summed E-state index contributed by atoms with van der Waals surface area (Å²) in [5.41, 5.74) is 0. The Balaban J connectivity index is 3.92. The van der Waals surface area contributed by atoms with E-state index in [1.54, 1.807) is 0 Å². The fraction of sp³-hybridized carbons (Fsp3) is 0.818. The van der Waals surface area contributed by atoms with Gasteiger partial charge in [-0.05, 0) is 33.5 Å². The minimum absolute atomic E-state index is 0.243. The molecule has 2 amide bonds. The number of rotatable bonds is 8. The molecule has 100 valence electrons. The molecule has 0 bridgehead atoms. The van der Waals surface area contributed by atoms with Gasteiger partial charge in [0.25, 0.3) is 0 Å². The van der Waals surface area contributed by atoms with Crippen LogP contribution in [0.5, 0.6) is 0 Å². The van der Waals surface area contributed by atoms with Crippen molar-refractivity contribution in [1.29, 1.82) is 0 Å². The van der Waals surface area contributed by atoms with Gasteiger partial charge in [-0.2, -0.15) is 0 Å². The van der Waals surface area contributed by atoms with Crippen molar-refractivity contribution >= 4 is 12.0 Å². The second kappa shape index (κ2) is 8.81. The first-order valence-electron chi connectivity index (χ1n) is 5.86. The molecule has 0 aliphatic heterocycles. The van der Waals surface area contributed by atoms with Crippen molar-refractivity contribution < 1.29 is 14.7 Å². The van der Waals surface area contributed by atoms with E-state index in [1.165, 1.54) is 4.90 Å². The van der Waals surface area contributed by atoms with Crippen LogP contribution in [0.2, 0.25) is 0 Å². The van der Waals surface area contributed by atoms with Crippen LogP contribution >= 0.6 is 0 Å². The Morgan fingerprint density at radius 3 is 2.35 bits per heavy atom. The van der Waals surface area contributed by atoms with Gasteiger partial charge in [0.1, 0.15) is 6.54 Å². The van der Waals surface area contributed by atoms with Crippen molar-refractivity contribution in [3.63, 3.8) is 0 Å². The minimum atomic E-state index is -0.984. The third-order valence-corrected chi connectivity index (χ3v) is 2.17. The van der Waals surface area contributed by atoms with Crippen molar-refractivity contribution in [3.8, 4) is 0 Å². The zero-order valence-electron chi connectivity index (χ0n) is 10.9. The van der Waals surface area contributed by atoms with Gasteiger partial charge in [0, 0.05) is 13.1 Å². The third-order valence-electron chi connectivity index (χ3n) is 2.17. The standard InChI is InChI=1S/C11H23N3O3/c1-4-7-14(9-10(15)16)11(17)12-6-5-8-13(2)3/h4-9H2,1-3H3,(H,12,17)(H,15,16). The number of carboxylic acids is 1. The van der Waals surface area contributed by atoms with E-state index < -0.39 is 5.97 Å². The molecule has 0 atom stereocenters. The van der Waals surface area contributed by atoms with Gasteiger partial charge in [-0.1, -0.05) is 6.92 Å². The highest BCUT2D eigenvalue weighted by Gasteiger charge is 2.14. The first-order valence-corrected chi connectivity index (χ1v) is 5.86. The monoisotopic (exact) mass is 245 g/mol. The number of hydrogen-bond acceptors (Lipinski definition) is 3. The number of carboxylic acid groups (broad SMARTS) is 1. The van der Waals surface area contributed by atoms with E-state index in [4.69, 9.17) is 5.11 Å². The highest BCUT2D eigenvalue weighted by molar-refractivity contribution is 5.80. The molecule has 6 heteroatoms. The Morgan fingerprint density at radius 2 is 1.88 bits per heavy atom. The highest BCUT2D eigenvalue weighted by atomic mass is 16.4. The number of urea groups is 1. The molecule has 0 radical (unpaired) electrons. The molecule has 17 heavy (non-hydrogen) atoms. The van der Waals surface area contributed by atoms with Crippen LogP contribution in [0.4, 0.5) is 4.79 Å². The van der Waals surface area contributed by atoms with Crippen molar-refractivity contribution in [3.05, 3.63) is 0 Å². The van der Waals surface area contributed by atoms with Crippen molar-refractivity contribution in [2.45, 2.75) is 19.8 Å². The molecule has 0 aromatic carbocycles. The summed E-state index contributed by atoms with van der Waals surface area (Å²) in [6.45, 7) is 3.59. The lowest BCUT2D eigenvalue weighted by atomic mass is 10.4. The summed E-state index contributed by atoms with van der Waals surface area (Å²) in [5, 5.41) is 11.4. The Labute approximate surface area is 103 Å². The molecule has 0 unspecified atom stereocenters. The molecule has 0 aromatic heterocycles. The molecule has 0 heterocycles. The molecule has 0 aromatic rings. The van der Waals surface area contributed by atoms with Crippen LogP contribution in [0.3, 0.4) is 0 Å². The van der Waals surface area contributed by atoms with Gasteiger partial charge in [0.2, 0.25) is 0 Å². The maximum atomic E-state index is 11.7. The Bertz CT molecular complexity index is 244. The molecule has 0 aliphatic carbocycles. The van der Waals surface area contributed by atoms with E-state index in [-0.39, 0.29) is 12.6 Å². The van der Waals surface area contributed by atoms with Crippen molar-refractivity contribution in [2.75, 3.05) is 40.3 Å².